The monoisotopic (exact) mass is 333 g/mol. The Morgan fingerprint density at radius 2 is 2.50 bits per heavy atom. The fourth-order valence-electron chi connectivity index (χ4n) is 1.05. The summed E-state index contributed by atoms with van der Waals surface area (Å²) < 4.78 is 4.95. The number of nitriles is 1. The first-order valence-electron chi connectivity index (χ1n) is 4.41. The second kappa shape index (κ2) is 5.60. The van der Waals surface area contributed by atoms with E-state index < -0.39 is 11.9 Å². The van der Waals surface area contributed by atoms with Crippen molar-refractivity contribution in [1.29, 1.82) is 5.26 Å². The third-order valence-corrected chi connectivity index (χ3v) is 2.79. The summed E-state index contributed by atoms with van der Waals surface area (Å²) in [6.45, 7) is 1.82. The van der Waals surface area contributed by atoms with Crippen LogP contribution in [0.3, 0.4) is 0 Å². The van der Waals surface area contributed by atoms with Crippen LogP contribution in [0.1, 0.15) is 18.5 Å². The van der Waals surface area contributed by atoms with Gasteiger partial charge < -0.3 is 9.72 Å². The third kappa shape index (κ3) is 2.57. The van der Waals surface area contributed by atoms with Crippen molar-refractivity contribution >= 4 is 28.6 Å². The summed E-state index contributed by atoms with van der Waals surface area (Å²) in [5.74, 6) is -1.85. The van der Waals surface area contributed by atoms with Gasteiger partial charge in [0, 0.05) is 0 Å². The quantitative estimate of drug-likeness (QED) is 0.644. The maximum atomic E-state index is 11.4. The molecule has 16 heavy (non-hydrogen) atoms. The lowest BCUT2D eigenvalue weighted by molar-refractivity contribution is -0.143. The van der Waals surface area contributed by atoms with Gasteiger partial charge in [0.2, 0.25) is 0 Å². The average Bonchev–Trinajstić information content (AvgIpc) is 2.25. The van der Waals surface area contributed by atoms with Crippen LogP contribution < -0.4 is 5.56 Å². The molecule has 1 rings (SSSR count). The minimum atomic E-state index is -1.16. The number of hydrogen-bond acceptors (Lipinski definition) is 5. The first-order valence-corrected chi connectivity index (χ1v) is 5.49. The van der Waals surface area contributed by atoms with Crippen molar-refractivity contribution in [3.63, 3.8) is 0 Å². The van der Waals surface area contributed by atoms with Gasteiger partial charge >= 0.3 is 5.97 Å². The van der Waals surface area contributed by atoms with Crippen molar-refractivity contribution in [1.82, 2.24) is 9.97 Å². The van der Waals surface area contributed by atoms with E-state index in [4.69, 9.17) is 10.00 Å². The molecule has 1 unspecified atom stereocenters. The van der Waals surface area contributed by atoms with E-state index in [9.17, 15) is 9.59 Å². The van der Waals surface area contributed by atoms with E-state index >= 15 is 0 Å². The highest BCUT2D eigenvalue weighted by atomic mass is 127. The molecule has 0 fully saturated rings. The summed E-state index contributed by atoms with van der Waals surface area (Å²) in [5.41, 5.74) is -0.250. The molecule has 0 bridgehead atoms. The molecule has 0 aliphatic carbocycles. The van der Waals surface area contributed by atoms with Gasteiger partial charge in [-0.3, -0.25) is 9.59 Å². The zero-order valence-corrected chi connectivity index (χ0v) is 10.5. The normalized spacial score (nSPS) is 11.6. The predicted octanol–water partition coefficient (Wildman–Crippen LogP) is 0.545. The summed E-state index contributed by atoms with van der Waals surface area (Å²) in [5, 5.41) is 8.89. The Morgan fingerprint density at radius 1 is 1.81 bits per heavy atom. The fourth-order valence-corrected chi connectivity index (χ4v) is 1.66. The molecule has 0 saturated carbocycles. The number of carbonyl (C=O) groups excluding carboxylic acids is 1. The molecular formula is C9H8IN3O3. The van der Waals surface area contributed by atoms with Crippen molar-refractivity contribution in [3.8, 4) is 6.07 Å². The molecular weight excluding hydrogens is 325 g/mol. The van der Waals surface area contributed by atoms with Crippen LogP contribution in [-0.2, 0) is 9.53 Å². The van der Waals surface area contributed by atoms with Gasteiger partial charge in [-0.05, 0) is 29.5 Å². The highest BCUT2D eigenvalue weighted by Gasteiger charge is 2.26. The van der Waals surface area contributed by atoms with Crippen LogP contribution in [0.25, 0.3) is 0 Å². The SMILES string of the molecule is CCOC(=O)C(C#N)c1nc[nH]c(=O)c1I. The fraction of sp³-hybridized carbons (Fsp3) is 0.333. The minimum Gasteiger partial charge on any atom is -0.465 e. The number of ether oxygens (including phenoxy) is 1. The highest BCUT2D eigenvalue weighted by Crippen LogP contribution is 2.17. The van der Waals surface area contributed by atoms with Crippen molar-refractivity contribution in [2.24, 2.45) is 0 Å². The molecule has 0 amide bonds. The van der Waals surface area contributed by atoms with Crippen LogP contribution in [0.4, 0.5) is 0 Å². The van der Waals surface area contributed by atoms with Crippen LogP contribution in [0.5, 0.6) is 0 Å². The second-order valence-electron chi connectivity index (χ2n) is 2.75. The summed E-state index contributed by atoms with van der Waals surface area (Å²) in [4.78, 5) is 28.9. The highest BCUT2D eigenvalue weighted by molar-refractivity contribution is 14.1. The van der Waals surface area contributed by atoms with Gasteiger partial charge in [0.1, 0.15) is 3.57 Å². The molecule has 6 nitrogen and oxygen atoms in total. The van der Waals surface area contributed by atoms with Gasteiger partial charge in [-0.1, -0.05) is 0 Å². The molecule has 0 aliphatic rings. The summed E-state index contributed by atoms with van der Waals surface area (Å²) in [6.07, 6.45) is 1.16. The molecule has 84 valence electrons. The molecule has 1 heterocycles. The number of H-pyrrole nitrogens is 1. The number of rotatable bonds is 3. The summed E-state index contributed by atoms with van der Waals surface area (Å²) in [6, 6.07) is 1.78. The number of halogens is 1. The van der Waals surface area contributed by atoms with Gasteiger partial charge in [-0.25, -0.2) is 4.98 Å². The second-order valence-corrected chi connectivity index (χ2v) is 3.82. The Bertz CT molecular complexity index is 492. The lowest BCUT2D eigenvalue weighted by atomic mass is 10.1. The van der Waals surface area contributed by atoms with Gasteiger partial charge in [0.05, 0.1) is 24.7 Å². The van der Waals surface area contributed by atoms with E-state index in [0.29, 0.717) is 0 Å². The predicted molar refractivity (Wildman–Crippen MR) is 62.6 cm³/mol. The van der Waals surface area contributed by atoms with E-state index in [-0.39, 0.29) is 21.4 Å². The summed E-state index contributed by atoms with van der Waals surface area (Å²) in [7, 11) is 0. The smallest absolute Gasteiger partial charge is 0.329 e. The lowest BCUT2D eigenvalue weighted by Gasteiger charge is -2.08. The third-order valence-electron chi connectivity index (χ3n) is 1.75. The van der Waals surface area contributed by atoms with Gasteiger partial charge in [-0.15, -0.1) is 0 Å². The van der Waals surface area contributed by atoms with Crippen LogP contribution in [0.15, 0.2) is 11.1 Å². The summed E-state index contributed by atoms with van der Waals surface area (Å²) >= 11 is 1.74. The first-order chi connectivity index (χ1) is 7.61. The number of aromatic amines is 1. The maximum absolute atomic E-state index is 11.4. The van der Waals surface area contributed by atoms with Gasteiger partial charge in [0.15, 0.2) is 5.92 Å². The zero-order valence-electron chi connectivity index (χ0n) is 8.36. The van der Waals surface area contributed by atoms with Crippen LogP contribution in [0.2, 0.25) is 0 Å². The Hall–Kier alpha value is -1.43. The van der Waals surface area contributed by atoms with Crippen molar-refractivity contribution < 1.29 is 9.53 Å². The van der Waals surface area contributed by atoms with Gasteiger partial charge in [-0.2, -0.15) is 5.26 Å². The standard InChI is InChI=1S/C9H8IN3O3/c1-2-16-9(15)5(3-11)7-6(10)8(14)13-4-12-7/h4-5H,2H2,1H3,(H,12,13,14). The zero-order chi connectivity index (χ0) is 12.1. The molecule has 7 heteroatoms. The molecule has 1 N–H and O–H groups in total. The number of aromatic nitrogens is 2. The number of nitrogens with one attached hydrogen (secondary N) is 1. The molecule has 0 spiro atoms. The Kier molecular flexibility index (Phi) is 4.42. The van der Waals surface area contributed by atoms with Gasteiger partial charge in [0.25, 0.3) is 5.56 Å². The van der Waals surface area contributed by atoms with E-state index in [0.717, 1.165) is 6.33 Å². The van der Waals surface area contributed by atoms with Crippen molar-refractivity contribution in [2.75, 3.05) is 6.61 Å². The number of nitrogens with zero attached hydrogens (tertiary/aromatic N) is 2. The Labute approximate surface area is 105 Å². The maximum Gasteiger partial charge on any atom is 0.329 e. The number of carbonyl (C=O) groups is 1. The topological polar surface area (TPSA) is 95.8 Å². The molecule has 1 aromatic heterocycles. The van der Waals surface area contributed by atoms with Crippen LogP contribution >= 0.6 is 22.6 Å². The van der Waals surface area contributed by atoms with Crippen LogP contribution in [0, 0.1) is 14.9 Å². The molecule has 0 aromatic carbocycles. The van der Waals surface area contributed by atoms with E-state index in [1.54, 1.807) is 35.6 Å². The first kappa shape index (κ1) is 12.6. The average molecular weight is 333 g/mol. The molecule has 0 radical (unpaired) electrons. The molecule has 1 aromatic rings. The van der Waals surface area contributed by atoms with Crippen molar-refractivity contribution in [2.45, 2.75) is 12.8 Å². The molecule has 0 saturated heterocycles. The van der Waals surface area contributed by atoms with E-state index in [1.165, 1.54) is 0 Å². The number of esters is 1. The molecule has 0 aliphatic heterocycles. The van der Waals surface area contributed by atoms with E-state index in [2.05, 4.69) is 9.97 Å². The van der Waals surface area contributed by atoms with E-state index in [1.807, 2.05) is 0 Å². The number of hydrogen-bond donors (Lipinski definition) is 1. The van der Waals surface area contributed by atoms with Crippen LogP contribution in [-0.4, -0.2) is 22.5 Å². The largest absolute Gasteiger partial charge is 0.465 e. The Balaban J connectivity index is 3.15. The Morgan fingerprint density at radius 3 is 3.06 bits per heavy atom. The van der Waals surface area contributed by atoms with Crippen molar-refractivity contribution in [3.05, 3.63) is 25.9 Å². The minimum absolute atomic E-state index is 0.130. The lowest BCUT2D eigenvalue weighted by Crippen LogP contribution is -2.21. The molecule has 1 atom stereocenters.